The van der Waals surface area contributed by atoms with Gasteiger partial charge in [0.05, 0.1) is 6.61 Å². The lowest BCUT2D eigenvalue weighted by molar-refractivity contribution is -0.163. The van der Waals surface area contributed by atoms with E-state index in [0.717, 1.165) is 89.9 Å². The maximum Gasteiger partial charge on any atom is 0.306 e. The summed E-state index contributed by atoms with van der Waals surface area (Å²) in [5.41, 5.74) is 0. The van der Waals surface area contributed by atoms with E-state index < -0.39 is 6.10 Å². The fourth-order valence-corrected chi connectivity index (χ4v) is 6.90. The average molecular weight is 837 g/mol. The quantitative estimate of drug-likeness (QED) is 0.0347. The van der Waals surface area contributed by atoms with E-state index in [1.54, 1.807) is 0 Å². The number of unbranched alkanes of at least 4 members (excludes halogenated alkanes) is 23. The molecule has 0 saturated heterocycles. The number of allylic oxidation sites excluding steroid dienone is 12. The van der Waals surface area contributed by atoms with Crippen LogP contribution in [0.15, 0.2) is 72.9 Å². The maximum atomic E-state index is 12.8. The molecule has 0 aliphatic heterocycles. The minimum atomic E-state index is -0.557. The Labute approximate surface area is 372 Å². The van der Waals surface area contributed by atoms with Crippen molar-refractivity contribution in [1.29, 1.82) is 0 Å². The lowest BCUT2D eigenvalue weighted by Crippen LogP contribution is -2.30. The summed E-state index contributed by atoms with van der Waals surface area (Å²) in [5, 5.41) is 0. The molecule has 5 heteroatoms. The summed E-state index contributed by atoms with van der Waals surface area (Å²) in [6, 6.07) is 0. The number of rotatable bonds is 46. The Morgan fingerprint density at radius 1 is 0.383 bits per heavy atom. The van der Waals surface area contributed by atoms with Crippen LogP contribution in [0.1, 0.15) is 239 Å². The van der Waals surface area contributed by atoms with Crippen molar-refractivity contribution in [1.82, 2.24) is 0 Å². The zero-order chi connectivity index (χ0) is 43.5. The van der Waals surface area contributed by atoms with Gasteiger partial charge in [-0.3, -0.25) is 9.59 Å². The van der Waals surface area contributed by atoms with Gasteiger partial charge in [0.15, 0.2) is 6.10 Å². The molecule has 0 rings (SSSR count). The molecule has 1 atom stereocenters. The van der Waals surface area contributed by atoms with E-state index in [4.69, 9.17) is 14.2 Å². The van der Waals surface area contributed by atoms with E-state index in [2.05, 4.69) is 93.7 Å². The second-order valence-electron chi connectivity index (χ2n) is 16.7. The lowest BCUT2D eigenvalue weighted by atomic mass is 10.1. The molecule has 0 fully saturated rings. The van der Waals surface area contributed by atoms with Crippen LogP contribution in [0, 0.1) is 0 Å². The van der Waals surface area contributed by atoms with Gasteiger partial charge < -0.3 is 14.2 Å². The second kappa shape index (κ2) is 50.7. The normalized spacial score (nSPS) is 12.8. The van der Waals surface area contributed by atoms with Crippen LogP contribution in [0.25, 0.3) is 0 Å². The summed E-state index contributed by atoms with van der Waals surface area (Å²) in [5.74, 6) is -0.443. The molecule has 0 aromatic carbocycles. The molecular formula is C55H96O5. The molecule has 0 aliphatic rings. The van der Waals surface area contributed by atoms with Gasteiger partial charge in [0, 0.05) is 19.4 Å². The van der Waals surface area contributed by atoms with E-state index in [1.807, 2.05) is 0 Å². The van der Waals surface area contributed by atoms with Crippen molar-refractivity contribution in [3.63, 3.8) is 0 Å². The van der Waals surface area contributed by atoms with Gasteiger partial charge in [-0.05, 0) is 109 Å². The van der Waals surface area contributed by atoms with Crippen LogP contribution in [-0.2, 0) is 23.8 Å². The van der Waals surface area contributed by atoms with Gasteiger partial charge >= 0.3 is 11.9 Å². The van der Waals surface area contributed by atoms with Gasteiger partial charge in [-0.1, -0.05) is 190 Å². The van der Waals surface area contributed by atoms with Crippen molar-refractivity contribution in [3.05, 3.63) is 72.9 Å². The summed E-state index contributed by atoms with van der Waals surface area (Å²) in [7, 11) is 0. The van der Waals surface area contributed by atoms with Crippen LogP contribution >= 0.6 is 0 Å². The third kappa shape index (κ3) is 48.0. The first kappa shape index (κ1) is 57.3. The minimum Gasteiger partial charge on any atom is -0.462 e. The van der Waals surface area contributed by atoms with Crippen molar-refractivity contribution >= 4 is 11.9 Å². The zero-order valence-corrected chi connectivity index (χ0v) is 39.7. The van der Waals surface area contributed by atoms with Crippen LogP contribution in [0.2, 0.25) is 0 Å². The van der Waals surface area contributed by atoms with Crippen LogP contribution in [0.5, 0.6) is 0 Å². The predicted octanol–water partition coefficient (Wildman–Crippen LogP) is 17.1. The van der Waals surface area contributed by atoms with Crippen LogP contribution < -0.4 is 0 Å². The molecule has 0 amide bonds. The van der Waals surface area contributed by atoms with E-state index >= 15 is 0 Å². The zero-order valence-electron chi connectivity index (χ0n) is 39.7. The summed E-state index contributed by atoms with van der Waals surface area (Å²) < 4.78 is 17.4. The fourth-order valence-electron chi connectivity index (χ4n) is 6.90. The topological polar surface area (TPSA) is 61.8 Å². The van der Waals surface area contributed by atoms with Crippen molar-refractivity contribution in [2.24, 2.45) is 0 Å². The molecule has 0 aromatic heterocycles. The molecule has 0 aliphatic carbocycles. The van der Waals surface area contributed by atoms with Crippen LogP contribution in [0.4, 0.5) is 0 Å². The SMILES string of the molecule is CC/C=C\C/C=C\C/C=C\CCCCCC(=O)OCC(COCCCCCCCCCC/C=C\C/C=C\CCCCC)OC(=O)CCCCCCC/C=C\CCCCCC. The Morgan fingerprint density at radius 3 is 1.27 bits per heavy atom. The van der Waals surface area contributed by atoms with Gasteiger partial charge in [-0.25, -0.2) is 0 Å². The third-order valence-corrected chi connectivity index (χ3v) is 10.7. The Morgan fingerprint density at radius 2 is 0.750 bits per heavy atom. The van der Waals surface area contributed by atoms with Gasteiger partial charge in [0.1, 0.15) is 6.61 Å². The molecule has 0 aromatic rings. The van der Waals surface area contributed by atoms with E-state index in [9.17, 15) is 9.59 Å². The molecule has 60 heavy (non-hydrogen) atoms. The molecule has 0 N–H and O–H groups in total. The Bertz CT molecular complexity index is 1080. The summed E-state index contributed by atoms with van der Waals surface area (Å²) in [6.45, 7) is 7.63. The fraction of sp³-hybridized carbons (Fsp3) is 0.745. The number of hydrogen-bond acceptors (Lipinski definition) is 5. The first-order chi connectivity index (χ1) is 29.6. The van der Waals surface area contributed by atoms with Crippen molar-refractivity contribution < 1.29 is 23.8 Å². The molecule has 5 nitrogen and oxygen atoms in total. The monoisotopic (exact) mass is 837 g/mol. The maximum absolute atomic E-state index is 12.8. The first-order valence-corrected chi connectivity index (χ1v) is 25.5. The largest absolute Gasteiger partial charge is 0.462 e. The molecule has 0 saturated carbocycles. The number of carbonyl (C=O) groups is 2. The Balaban J connectivity index is 4.31. The highest BCUT2D eigenvalue weighted by Crippen LogP contribution is 2.13. The molecule has 0 bridgehead atoms. The van der Waals surface area contributed by atoms with Gasteiger partial charge in [-0.2, -0.15) is 0 Å². The van der Waals surface area contributed by atoms with E-state index in [0.29, 0.717) is 19.4 Å². The summed E-state index contributed by atoms with van der Waals surface area (Å²) in [4.78, 5) is 25.3. The number of hydrogen-bond donors (Lipinski definition) is 0. The van der Waals surface area contributed by atoms with Crippen LogP contribution in [-0.4, -0.2) is 37.9 Å². The van der Waals surface area contributed by atoms with Crippen molar-refractivity contribution in [3.8, 4) is 0 Å². The number of esters is 2. The number of carbonyl (C=O) groups excluding carboxylic acids is 2. The molecule has 1 unspecified atom stereocenters. The first-order valence-electron chi connectivity index (χ1n) is 25.5. The highest BCUT2D eigenvalue weighted by atomic mass is 16.6. The van der Waals surface area contributed by atoms with Gasteiger partial charge in [-0.15, -0.1) is 0 Å². The smallest absolute Gasteiger partial charge is 0.306 e. The van der Waals surface area contributed by atoms with Crippen LogP contribution in [0.3, 0.4) is 0 Å². The molecular weight excluding hydrogens is 741 g/mol. The standard InChI is InChI=1S/C55H96O5/c1-4-7-10-13-16-19-22-25-26-27-28-29-32-35-38-41-44-47-50-58-51-53(60-55(57)49-46-43-40-37-34-31-24-21-18-15-12-9-6-3)52-59-54(56)48-45-42-39-36-33-30-23-20-17-14-11-8-5-2/h8,11,16-17,19-21,24-26,30,33,53H,4-7,9-10,12-15,18,22-23,27-29,31-32,34-52H2,1-3H3/b11-8-,19-16-,20-17-,24-21-,26-25-,33-30-. The Kier molecular flexibility index (Phi) is 48.4. The van der Waals surface area contributed by atoms with E-state index in [1.165, 1.54) is 116 Å². The molecule has 0 radical (unpaired) electrons. The molecule has 0 heterocycles. The highest BCUT2D eigenvalue weighted by molar-refractivity contribution is 5.70. The summed E-state index contributed by atoms with van der Waals surface area (Å²) >= 11 is 0. The lowest BCUT2D eigenvalue weighted by Gasteiger charge is -2.18. The van der Waals surface area contributed by atoms with E-state index in [-0.39, 0.29) is 25.2 Å². The number of ether oxygens (including phenoxy) is 3. The third-order valence-electron chi connectivity index (χ3n) is 10.7. The van der Waals surface area contributed by atoms with Crippen molar-refractivity contribution in [2.45, 2.75) is 245 Å². The highest BCUT2D eigenvalue weighted by Gasteiger charge is 2.17. The average Bonchev–Trinajstić information content (AvgIpc) is 3.25. The molecule has 0 spiro atoms. The molecule has 346 valence electrons. The second-order valence-corrected chi connectivity index (χ2v) is 16.7. The van der Waals surface area contributed by atoms with Crippen molar-refractivity contribution in [2.75, 3.05) is 19.8 Å². The van der Waals surface area contributed by atoms with Gasteiger partial charge in [0.2, 0.25) is 0 Å². The summed E-state index contributed by atoms with van der Waals surface area (Å²) in [6.07, 6.45) is 64.8. The predicted molar refractivity (Wildman–Crippen MR) is 260 cm³/mol. The Hall–Kier alpha value is -2.66. The van der Waals surface area contributed by atoms with Gasteiger partial charge in [0.25, 0.3) is 0 Å². The minimum absolute atomic E-state index is 0.0626.